The van der Waals surface area contributed by atoms with Crippen LogP contribution in [0, 0.1) is 5.92 Å². The van der Waals surface area contributed by atoms with Crippen LogP contribution in [-0.4, -0.2) is 48.2 Å². The summed E-state index contributed by atoms with van der Waals surface area (Å²) in [6.07, 6.45) is 3.20. The summed E-state index contributed by atoms with van der Waals surface area (Å²) in [5.74, 6) is -0.0804. The molecule has 2 unspecified atom stereocenters. The van der Waals surface area contributed by atoms with Gasteiger partial charge in [0.1, 0.15) is 6.04 Å². The number of nitrogens with zero attached hydrogens (tertiary/aromatic N) is 1. The quantitative estimate of drug-likeness (QED) is 0.716. The molecule has 2 atom stereocenters. The monoisotopic (exact) mass is 228 g/mol. The van der Waals surface area contributed by atoms with Gasteiger partial charge < -0.3 is 15.3 Å². The highest BCUT2D eigenvalue weighted by Crippen LogP contribution is 2.23. The Labute approximate surface area is 98.0 Å². The van der Waals surface area contributed by atoms with Gasteiger partial charge in [-0.15, -0.1) is 0 Å². The molecule has 1 saturated heterocycles. The number of carbonyl (C=O) groups is 1. The maximum absolute atomic E-state index is 10.9. The molecule has 0 aliphatic carbocycles. The lowest BCUT2D eigenvalue weighted by molar-refractivity contribution is -0.139. The zero-order valence-electron chi connectivity index (χ0n) is 10.6. The molecule has 0 aromatic carbocycles. The number of carboxylic acids is 1. The molecular formula is C12H24N2O2. The third kappa shape index (κ3) is 3.46. The average Bonchev–Trinajstić information content (AvgIpc) is 2.66. The lowest BCUT2D eigenvalue weighted by atomic mass is 10.0. The highest BCUT2D eigenvalue weighted by Gasteiger charge is 2.27. The number of hydrogen-bond donors (Lipinski definition) is 2. The zero-order chi connectivity index (χ0) is 12.1. The molecule has 1 fully saturated rings. The van der Waals surface area contributed by atoms with E-state index in [0.29, 0.717) is 18.4 Å². The number of nitrogens with one attached hydrogen (secondary N) is 1. The first-order valence-corrected chi connectivity index (χ1v) is 6.20. The highest BCUT2D eigenvalue weighted by atomic mass is 16.4. The number of likely N-dealkylation sites (N-methyl/N-ethyl adjacent to an activating group) is 1. The molecule has 1 heterocycles. The van der Waals surface area contributed by atoms with Crippen molar-refractivity contribution in [3.05, 3.63) is 0 Å². The highest BCUT2D eigenvalue weighted by molar-refractivity contribution is 5.73. The number of likely N-dealkylation sites (tertiary alicyclic amines) is 1. The summed E-state index contributed by atoms with van der Waals surface area (Å²) in [5, 5.41) is 11.8. The molecule has 16 heavy (non-hydrogen) atoms. The van der Waals surface area contributed by atoms with Crippen molar-refractivity contribution in [1.29, 1.82) is 0 Å². The van der Waals surface area contributed by atoms with E-state index in [1.165, 1.54) is 12.8 Å². The second kappa shape index (κ2) is 6.21. The summed E-state index contributed by atoms with van der Waals surface area (Å²) < 4.78 is 0. The van der Waals surface area contributed by atoms with E-state index in [1.807, 2.05) is 0 Å². The van der Waals surface area contributed by atoms with E-state index >= 15 is 0 Å². The number of aliphatic carboxylic acids is 1. The molecule has 0 amide bonds. The van der Waals surface area contributed by atoms with Gasteiger partial charge in [0.05, 0.1) is 0 Å². The van der Waals surface area contributed by atoms with Gasteiger partial charge >= 0.3 is 5.97 Å². The van der Waals surface area contributed by atoms with E-state index in [1.54, 1.807) is 7.05 Å². The van der Waals surface area contributed by atoms with Gasteiger partial charge in [-0.25, -0.2) is 0 Å². The summed E-state index contributed by atoms with van der Waals surface area (Å²) in [4.78, 5) is 13.3. The summed E-state index contributed by atoms with van der Waals surface area (Å²) in [5.41, 5.74) is 0. The predicted molar refractivity (Wildman–Crippen MR) is 64.5 cm³/mol. The molecule has 4 heteroatoms. The van der Waals surface area contributed by atoms with Crippen LogP contribution in [-0.2, 0) is 4.79 Å². The van der Waals surface area contributed by atoms with Crippen LogP contribution in [0.5, 0.6) is 0 Å². The van der Waals surface area contributed by atoms with Crippen LogP contribution in [0.1, 0.15) is 33.1 Å². The molecule has 0 radical (unpaired) electrons. The standard InChI is InChI=1S/C12H24N2O2/c1-9(2)11-5-4-7-14(11)8-6-10(13-3)12(15)16/h9-11,13H,4-8H2,1-3H3,(H,15,16). The first-order valence-electron chi connectivity index (χ1n) is 6.20. The Balaban J connectivity index is 2.39. The van der Waals surface area contributed by atoms with Crippen LogP contribution in [0.2, 0.25) is 0 Å². The van der Waals surface area contributed by atoms with Crippen LogP contribution in [0.3, 0.4) is 0 Å². The van der Waals surface area contributed by atoms with Gasteiger partial charge in [0.25, 0.3) is 0 Å². The van der Waals surface area contributed by atoms with Crippen molar-refractivity contribution in [1.82, 2.24) is 10.2 Å². The topological polar surface area (TPSA) is 52.6 Å². The summed E-state index contributed by atoms with van der Waals surface area (Å²) >= 11 is 0. The van der Waals surface area contributed by atoms with Gasteiger partial charge in [-0.1, -0.05) is 13.8 Å². The fourth-order valence-corrected chi connectivity index (χ4v) is 2.57. The van der Waals surface area contributed by atoms with E-state index in [-0.39, 0.29) is 0 Å². The van der Waals surface area contributed by atoms with E-state index in [0.717, 1.165) is 13.1 Å². The van der Waals surface area contributed by atoms with Crippen LogP contribution < -0.4 is 5.32 Å². The SMILES string of the molecule is CNC(CCN1CCCC1C(C)C)C(=O)O. The van der Waals surface area contributed by atoms with E-state index in [2.05, 4.69) is 24.1 Å². The molecule has 0 spiro atoms. The predicted octanol–water partition coefficient (Wildman–Crippen LogP) is 1.17. The van der Waals surface area contributed by atoms with Crippen molar-refractivity contribution in [2.75, 3.05) is 20.1 Å². The van der Waals surface area contributed by atoms with Crippen molar-refractivity contribution in [2.24, 2.45) is 5.92 Å². The molecule has 1 aliphatic rings. The van der Waals surface area contributed by atoms with Crippen molar-refractivity contribution in [2.45, 2.75) is 45.2 Å². The van der Waals surface area contributed by atoms with Crippen molar-refractivity contribution in [3.8, 4) is 0 Å². The molecule has 2 N–H and O–H groups in total. The minimum atomic E-state index is -0.747. The average molecular weight is 228 g/mol. The molecular weight excluding hydrogens is 204 g/mol. The van der Waals surface area contributed by atoms with Crippen LogP contribution >= 0.6 is 0 Å². The third-order valence-corrected chi connectivity index (χ3v) is 3.54. The van der Waals surface area contributed by atoms with Crippen molar-refractivity contribution >= 4 is 5.97 Å². The Morgan fingerprint density at radius 1 is 1.56 bits per heavy atom. The zero-order valence-corrected chi connectivity index (χ0v) is 10.6. The summed E-state index contributed by atoms with van der Waals surface area (Å²) in [7, 11) is 1.71. The summed E-state index contributed by atoms with van der Waals surface area (Å²) in [6.45, 7) is 6.50. The Morgan fingerprint density at radius 3 is 2.75 bits per heavy atom. The Bertz CT molecular complexity index is 231. The molecule has 4 nitrogen and oxygen atoms in total. The smallest absolute Gasteiger partial charge is 0.320 e. The first-order chi connectivity index (χ1) is 7.56. The minimum absolute atomic E-state index is 0.409. The number of carboxylic acid groups (broad SMARTS) is 1. The van der Waals surface area contributed by atoms with Gasteiger partial charge in [0.2, 0.25) is 0 Å². The normalized spacial score (nSPS) is 23.9. The first kappa shape index (κ1) is 13.5. The van der Waals surface area contributed by atoms with E-state index < -0.39 is 12.0 Å². The molecule has 94 valence electrons. The van der Waals surface area contributed by atoms with Crippen LogP contribution in [0.25, 0.3) is 0 Å². The van der Waals surface area contributed by atoms with Gasteiger partial charge in [0.15, 0.2) is 0 Å². The molecule has 0 bridgehead atoms. The Hall–Kier alpha value is -0.610. The lowest BCUT2D eigenvalue weighted by Gasteiger charge is -2.28. The van der Waals surface area contributed by atoms with Gasteiger partial charge in [-0.2, -0.15) is 0 Å². The number of rotatable bonds is 6. The fraction of sp³-hybridized carbons (Fsp3) is 0.917. The van der Waals surface area contributed by atoms with E-state index in [4.69, 9.17) is 5.11 Å². The molecule has 1 aliphatic heterocycles. The molecule has 0 saturated carbocycles. The Morgan fingerprint density at radius 2 is 2.25 bits per heavy atom. The largest absolute Gasteiger partial charge is 0.480 e. The minimum Gasteiger partial charge on any atom is -0.480 e. The van der Waals surface area contributed by atoms with Gasteiger partial charge in [-0.3, -0.25) is 4.79 Å². The van der Waals surface area contributed by atoms with Crippen molar-refractivity contribution in [3.63, 3.8) is 0 Å². The maximum atomic E-state index is 10.9. The van der Waals surface area contributed by atoms with Crippen LogP contribution in [0.15, 0.2) is 0 Å². The molecule has 0 aromatic heterocycles. The maximum Gasteiger partial charge on any atom is 0.320 e. The fourth-order valence-electron chi connectivity index (χ4n) is 2.57. The molecule has 1 rings (SSSR count). The third-order valence-electron chi connectivity index (χ3n) is 3.54. The number of hydrogen-bond acceptors (Lipinski definition) is 3. The van der Waals surface area contributed by atoms with Gasteiger partial charge in [-0.05, 0) is 38.8 Å². The molecule has 0 aromatic rings. The second-order valence-corrected chi connectivity index (χ2v) is 4.96. The second-order valence-electron chi connectivity index (χ2n) is 4.96. The lowest BCUT2D eigenvalue weighted by Crippen LogP contribution is -2.40. The van der Waals surface area contributed by atoms with E-state index in [9.17, 15) is 4.79 Å². The van der Waals surface area contributed by atoms with Crippen LogP contribution in [0.4, 0.5) is 0 Å². The van der Waals surface area contributed by atoms with Gasteiger partial charge in [0, 0.05) is 12.6 Å². The summed E-state index contributed by atoms with van der Waals surface area (Å²) in [6, 6.07) is 0.236. The van der Waals surface area contributed by atoms with Crippen molar-refractivity contribution < 1.29 is 9.90 Å². The Kier molecular flexibility index (Phi) is 5.22.